The molecule has 1 aromatic rings. The maximum atomic E-state index is 12.3. The molecule has 0 spiro atoms. The number of urea groups is 1. The topological polar surface area (TPSA) is 78.5 Å². The van der Waals surface area contributed by atoms with Gasteiger partial charge < -0.3 is 10.6 Å². The van der Waals surface area contributed by atoms with Gasteiger partial charge in [0.15, 0.2) is 0 Å². The quantitative estimate of drug-likeness (QED) is 0.839. The Kier molecular flexibility index (Phi) is 4.49. The highest BCUT2D eigenvalue weighted by Crippen LogP contribution is 2.27. The van der Waals surface area contributed by atoms with Crippen LogP contribution in [0.1, 0.15) is 48.4 Å². The van der Waals surface area contributed by atoms with E-state index in [1.807, 2.05) is 13.8 Å². The van der Waals surface area contributed by atoms with Gasteiger partial charge in [-0.25, -0.2) is 4.79 Å². The summed E-state index contributed by atoms with van der Waals surface area (Å²) in [4.78, 5) is 37.4. The number of nitrogens with zero attached hydrogens (tertiary/aromatic N) is 1. The van der Waals surface area contributed by atoms with Crippen LogP contribution in [0.25, 0.3) is 0 Å². The highest BCUT2D eigenvalue weighted by atomic mass is 16.2. The third kappa shape index (κ3) is 3.10. The molecule has 1 heterocycles. The van der Waals surface area contributed by atoms with Gasteiger partial charge in [0.25, 0.3) is 11.8 Å². The Balaban J connectivity index is 2.15. The number of imide groups is 1. The van der Waals surface area contributed by atoms with Crippen molar-refractivity contribution in [2.24, 2.45) is 5.92 Å². The van der Waals surface area contributed by atoms with Crippen LogP contribution in [0.15, 0.2) is 18.2 Å². The van der Waals surface area contributed by atoms with Crippen molar-refractivity contribution in [2.75, 3.05) is 11.9 Å². The van der Waals surface area contributed by atoms with E-state index in [2.05, 4.69) is 10.6 Å². The molecule has 0 atom stereocenters. The van der Waals surface area contributed by atoms with Crippen molar-refractivity contribution in [1.29, 1.82) is 0 Å². The number of benzene rings is 1. The van der Waals surface area contributed by atoms with Gasteiger partial charge in [0.2, 0.25) is 0 Å². The molecule has 118 valence electrons. The first-order valence-electron chi connectivity index (χ1n) is 7.38. The first kappa shape index (κ1) is 16.0. The van der Waals surface area contributed by atoms with E-state index in [4.69, 9.17) is 0 Å². The van der Waals surface area contributed by atoms with Gasteiger partial charge in [-0.05, 0) is 38.0 Å². The van der Waals surface area contributed by atoms with E-state index >= 15 is 0 Å². The number of nitrogens with one attached hydrogen (secondary N) is 2. The van der Waals surface area contributed by atoms with E-state index in [1.54, 1.807) is 32.0 Å². The predicted molar refractivity (Wildman–Crippen MR) is 83.9 cm³/mol. The average molecular weight is 303 g/mol. The lowest BCUT2D eigenvalue weighted by Crippen LogP contribution is -2.35. The Labute approximate surface area is 129 Å². The minimum atomic E-state index is -0.328. The van der Waals surface area contributed by atoms with Gasteiger partial charge in [-0.3, -0.25) is 14.5 Å². The van der Waals surface area contributed by atoms with Gasteiger partial charge in [-0.1, -0.05) is 13.8 Å². The van der Waals surface area contributed by atoms with Crippen molar-refractivity contribution in [3.63, 3.8) is 0 Å². The predicted octanol–water partition coefficient (Wildman–Crippen LogP) is 2.47. The number of carbonyl (C=O) groups excluding carboxylic acids is 3. The number of fused-ring (bicyclic) bond motifs is 1. The molecule has 2 N–H and O–H groups in total. The number of hydrogen-bond acceptors (Lipinski definition) is 3. The minimum Gasteiger partial charge on any atom is -0.338 e. The van der Waals surface area contributed by atoms with Crippen molar-refractivity contribution in [2.45, 2.75) is 33.7 Å². The zero-order valence-corrected chi connectivity index (χ0v) is 13.3. The third-order valence-corrected chi connectivity index (χ3v) is 3.36. The van der Waals surface area contributed by atoms with Crippen molar-refractivity contribution in [1.82, 2.24) is 10.2 Å². The van der Waals surface area contributed by atoms with Gasteiger partial charge >= 0.3 is 6.03 Å². The first-order valence-corrected chi connectivity index (χ1v) is 7.38. The molecule has 22 heavy (non-hydrogen) atoms. The van der Waals surface area contributed by atoms with Crippen LogP contribution in [0.4, 0.5) is 10.5 Å². The van der Waals surface area contributed by atoms with Gasteiger partial charge in [-0.2, -0.15) is 0 Å². The molecule has 6 nitrogen and oxygen atoms in total. The number of amides is 4. The van der Waals surface area contributed by atoms with Gasteiger partial charge in [0.05, 0.1) is 11.1 Å². The SMILES string of the molecule is CC(C)CNC(=O)Nc1ccc2c(c1)C(=O)N(C(C)C)C2=O. The molecule has 0 saturated heterocycles. The lowest BCUT2D eigenvalue weighted by molar-refractivity contribution is 0.0609. The van der Waals surface area contributed by atoms with Crippen LogP contribution in [0.2, 0.25) is 0 Å². The largest absolute Gasteiger partial charge is 0.338 e. The molecule has 0 bridgehead atoms. The molecule has 1 aliphatic heterocycles. The standard InChI is InChI=1S/C16H21N3O3/c1-9(2)8-17-16(22)18-11-5-6-12-13(7-11)15(21)19(10(3)4)14(12)20/h5-7,9-10H,8H2,1-4H3,(H2,17,18,22). The third-order valence-electron chi connectivity index (χ3n) is 3.36. The molecule has 2 rings (SSSR count). The molecule has 0 radical (unpaired) electrons. The second-order valence-corrected chi connectivity index (χ2v) is 6.06. The molecule has 6 heteroatoms. The van der Waals surface area contributed by atoms with Crippen molar-refractivity contribution < 1.29 is 14.4 Å². The second kappa shape index (κ2) is 6.17. The fraction of sp³-hybridized carbons (Fsp3) is 0.438. The van der Waals surface area contributed by atoms with Crippen LogP contribution in [0, 0.1) is 5.92 Å². The smallest absolute Gasteiger partial charge is 0.319 e. The summed E-state index contributed by atoms with van der Waals surface area (Å²) in [6.07, 6.45) is 0. The van der Waals surface area contributed by atoms with Crippen LogP contribution in [-0.2, 0) is 0 Å². The summed E-state index contributed by atoms with van der Waals surface area (Å²) in [5.41, 5.74) is 1.21. The summed E-state index contributed by atoms with van der Waals surface area (Å²) in [7, 11) is 0. The second-order valence-electron chi connectivity index (χ2n) is 6.06. The Morgan fingerprint density at radius 2 is 1.73 bits per heavy atom. The summed E-state index contributed by atoms with van der Waals surface area (Å²) in [6.45, 7) is 8.15. The Morgan fingerprint density at radius 3 is 2.32 bits per heavy atom. The molecule has 0 saturated carbocycles. The highest BCUT2D eigenvalue weighted by Gasteiger charge is 2.37. The van der Waals surface area contributed by atoms with Crippen LogP contribution < -0.4 is 10.6 Å². The number of rotatable bonds is 4. The number of anilines is 1. The number of hydrogen-bond donors (Lipinski definition) is 2. The fourth-order valence-electron chi connectivity index (χ4n) is 2.28. The van der Waals surface area contributed by atoms with Crippen molar-refractivity contribution in [3.8, 4) is 0 Å². The monoisotopic (exact) mass is 303 g/mol. The summed E-state index contributed by atoms with van der Waals surface area (Å²) in [5.74, 6) is -0.253. The van der Waals surface area contributed by atoms with Crippen LogP contribution in [0.3, 0.4) is 0 Å². The van der Waals surface area contributed by atoms with Gasteiger partial charge in [0, 0.05) is 18.3 Å². The molecular formula is C16H21N3O3. The maximum Gasteiger partial charge on any atom is 0.319 e. The molecule has 0 fully saturated rings. The van der Waals surface area contributed by atoms with E-state index < -0.39 is 0 Å². The lowest BCUT2D eigenvalue weighted by atomic mass is 10.1. The highest BCUT2D eigenvalue weighted by molar-refractivity contribution is 6.22. The van der Waals surface area contributed by atoms with Gasteiger partial charge in [-0.15, -0.1) is 0 Å². The molecule has 0 aliphatic carbocycles. The summed E-state index contributed by atoms with van der Waals surface area (Å²) in [6, 6.07) is 4.23. The van der Waals surface area contributed by atoms with Crippen LogP contribution in [0.5, 0.6) is 0 Å². The van der Waals surface area contributed by atoms with Crippen molar-refractivity contribution in [3.05, 3.63) is 29.3 Å². The van der Waals surface area contributed by atoms with Crippen LogP contribution in [-0.4, -0.2) is 35.3 Å². The maximum absolute atomic E-state index is 12.3. The fourth-order valence-corrected chi connectivity index (χ4v) is 2.28. The van der Waals surface area contributed by atoms with E-state index in [0.717, 1.165) is 0 Å². The number of carbonyl (C=O) groups is 3. The van der Waals surface area contributed by atoms with E-state index in [1.165, 1.54) is 4.90 Å². The van der Waals surface area contributed by atoms with Gasteiger partial charge in [0.1, 0.15) is 0 Å². The Bertz CT molecular complexity index is 623. The molecule has 4 amide bonds. The molecule has 0 unspecified atom stereocenters. The Hall–Kier alpha value is -2.37. The van der Waals surface area contributed by atoms with Crippen molar-refractivity contribution >= 4 is 23.5 Å². The molecule has 1 aliphatic rings. The average Bonchev–Trinajstić information content (AvgIpc) is 2.68. The Morgan fingerprint density at radius 1 is 1.09 bits per heavy atom. The van der Waals surface area contributed by atoms with E-state index in [-0.39, 0.29) is 23.9 Å². The van der Waals surface area contributed by atoms with E-state index in [0.29, 0.717) is 29.3 Å². The zero-order valence-electron chi connectivity index (χ0n) is 13.3. The first-order chi connectivity index (χ1) is 10.3. The summed E-state index contributed by atoms with van der Waals surface area (Å²) >= 11 is 0. The zero-order chi connectivity index (χ0) is 16.4. The van der Waals surface area contributed by atoms with E-state index in [9.17, 15) is 14.4 Å². The normalized spacial score (nSPS) is 13.8. The lowest BCUT2D eigenvalue weighted by Gasteiger charge is -2.17. The molecule has 1 aromatic carbocycles. The summed E-state index contributed by atoms with van der Waals surface area (Å²) < 4.78 is 0. The minimum absolute atomic E-state index is 0.196. The van der Waals surface area contributed by atoms with Crippen LogP contribution >= 0.6 is 0 Å². The molecule has 0 aromatic heterocycles. The summed E-state index contributed by atoms with van der Waals surface area (Å²) in [5, 5.41) is 5.41. The molecular weight excluding hydrogens is 282 g/mol.